The molecule has 1 saturated carbocycles. The maximum absolute atomic E-state index is 12.0. The summed E-state index contributed by atoms with van der Waals surface area (Å²) in [7, 11) is 0. The SMILES string of the molecule is Cc1nc(=O)n(C(C)CC2CC2)c(C)c1CC(=O)O. The second-order valence-electron chi connectivity index (χ2n) is 5.51. The lowest BCUT2D eigenvalue weighted by Gasteiger charge is -2.20. The second kappa shape index (κ2) is 5.15. The highest BCUT2D eigenvalue weighted by Crippen LogP contribution is 2.36. The van der Waals surface area contributed by atoms with Crippen molar-refractivity contribution in [1.29, 1.82) is 0 Å². The van der Waals surface area contributed by atoms with Crippen molar-refractivity contribution in [3.63, 3.8) is 0 Å². The zero-order valence-corrected chi connectivity index (χ0v) is 11.6. The fourth-order valence-corrected chi connectivity index (χ4v) is 2.68. The van der Waals surface area contributed by atoms with Crippen molar-refractivity contribution in [3.05, 3.63) is 27.4 Å². The highest BCUT2D eigenvalue weighted by atomic mass is 16.4. The Hall–Kier alpha value is -1.65. The number of aromatic nitrogens is 2. The number of carboxylic acids is 1. The van der Waals surface area contributed by atoms with Crippen molar-refractivity contribution >= 4 is 5.97 Å². The summed E-state index contributed by atoms with van der Waals surface area (Å²) < 4.78 is 1.66. The van der Waals surface area contributed by atoms with Gasteiger partial charge in [-0.05, 0) is 33.1 Å². The first-order chi connectivity index (χ1) is 8.90. The van der Waals surface area contributed by atoms with Gasteiger partial charge in [0, 0.05) is 23.0 Å². The largest absolute Gasteiger partial charge is 0.481 e. The highest BCUT2D eigenvalue weighted by molar-refractivity contribution is 5.70. The van der Waals surface area contributed by atoms with Gasteiger partial charge in [0.1, 0.15) is 0 Å². The monoisotopic (exact) mass is 264 g/mol. The summed E-state index contributed by atoms with van der Waals surface area (Å²) in [4.78, 5) is 26.9. The van der Waals surface area contributed by atoms with Crippen molar-refractivity contribution in [2.24, 2.45) is 5.92 Å². The van der Waals surface area contributed by atoms with Gasteiger partial charge in [0.2, 0.25) is 0 Å². The Morgan fingerprint density at radius 3 is 2.63 bits per heavy atom. The zero-order chi connectivity index (χ0) is 14.2. The van der Waals surface area contributed by atoms with Gasteiger partial charge in [-0.3, -0.25) is 9.36 Å². The first kappa shape index (κ1) is 13.8. The number of rotatable bonds is 5. The number of aryl methyl sites for hydroxylation is 1. The minimum atomic E-state index is -0.895. The molecule has 0 radical (unpaired) electrons. The van der Waals surface area contributed by atoms with E-state index in [1.165, 1.54) is 12.8 Å². The molecule has 1 atom stereocenters. The van der Waals surface area contributed by atoms with E-state index in [-0.39, 0.29) is 18.2 Å². The van der Waals surface area contributed by atoms with Gasteiger partial charge in [0.15, 0.2) is 0 Å². The van der Waals surface area contributed by atoms with Gasteiger partial charge in [0.05, 0.1) is 6.42 Å². The van der Waals surface area contributed by atoms with Crippen LogP contribution in [0.5, 0.6) is 0 Å². The zero-order valence-electron chi connectivity index (χ0n) is 11.6. The molecule has 1 unspecified atom stereocenters. The summed E-state index contributed by atoms with van der Waals surface area (Å²) in [6, 6.07) is 0.0839. The van der Waals surface area contributed by atoms with Gasteiger partial charge in [-0.15, -0.1) is 0 Å². The first-order valence-corrected chi connectivity index (χ1v) is 6.70. The summed E-state index contributed by atoms with van der Waals surface area (Å²) in [5.74, 6) is -0.182. The molecule has 0 bridgehead atoms. The van der Waals surface area contributed by atoms with Crippen LogP contribution in [0.3, 0.4) is 0 Å². The van der Waals surface area contributed by atoms with Crippen LogP contribution in [0.2, 0.25) is 0 Å². The number of aliphatic carboxylic acids is 1. The Bertz CT molecular complexity index is 559. The Morgan fingerprint density at radius 1 is 1.47 bits per heavy atom. The van der Waals surface area contributed by atoms with E-state index in [1.807, 2.05) is 13.8 Å². The fraction of sp³-hybridized carbons (Fsp3) is 0.643. The highest BCUT2D eigenvalue weighted by Gasteiger charge is 2.26. The molecule has 0 saturated heterocycles. The molecule has 1 aliphatic rings. The molecular formula is C14H20N2O3. The third kappa shape index (κ3) is 3.03. The number of hydrogen-bond donors (Lipinski definition) is 1. The Balaban J connectivity index is 2.40. The van der Waals surface area contributed by atoms with Crippen LogP contribution >= 0.6 is 0 Å². The molecule has 5 heteroatoms. The molecule has 1 aromatic rings. The van der Waals surface area contributed by atoms with E-state index in [9.17, 15) is 9.59 Å². The molecule has 0 spiro atoms. The first-order valence-electron chi connectivity index (χ1n) is 6.70. The summed E-state index contributed by atoms with van der Waals surface area (Å²) in [5.41, 5.74) is 1.67. The van der Waals surface area contributed by atoms with E-state index in [4.69, 9.17) is 5.11 Å². The van der Waals surface area contributed by atoms with Crippen LogP contribution in [0, 0.1) is 19.8 Å². The number of hydrogen-bond acceptors (Lipinski definition) is 3. The molecule has 2 rings (SSSR count). The van der Waals surface area contributed by atoms with E-state index >= 15 is 0 Å². The van der Waals surface area contributed by atoms with Gasteiger partial charge in [-0.25, -0.2) is 4.79 Å². The molecule has 1 aromatic heterocycles. The van der Waals surface area contributed by atoms with Crippen molar-refractivity contribution in [3.8, 4) is 0 Å². The van der Waals surface area contributed by atoms with Crippen molar-refractivity contribution in [2.45, 2.75) is 52.5 Å². The molecule has 0 aliphatic heterocycles. The number of nitrogens with zero attached hydrogens (tertiary/aromatic N) is 2. The summed E-state index contributed by atoms with van der Waals surface area (Å²) in [6.07, 6.45) is 3.36. The summed E-state index contributed by atoms with van der Waals surface area (Å²) >= 11 is 0. The second-order valence-corrected chi connectivity index (χ2v) is 5.51. The van der Waals surface area contributed by atoms with Gasteiger partial charge in [-0.1, -0.05) is 12.8 Å². The molecule has 19 heavy (non-hydrogen) atoms. The Morgan fingerprint density at radius 2 is 2.11 bits per heavy atom. The van der Waals surface area contributed by atoms with E-state index < -0.39 is 5.97 Å². The maximum Gasteiger partial charge on any atom is 0.348 e. The molecule has 1 aliphatic carbocycles. The number of carboxylic acid groups (broad SMARTS) is 1. The van der Waals surface area contributed by atoms with Crippen molar-refractivity contribution in [1.82, 2.24) is 9.55 Å². The van der Waals surface area contributed by atoms with Crippen LogP contribution in [0.1, 0.15) is 49.2 Å². The lowest BCUT2D eigenvalue weighted by molar-refractivity contribution is -0.136. The third-order valence-electron chi connectivity index (χ3n) is 3.84. The molecule has 0 amide bonds. The molecule has 1 heterocycles. The maximum atomic E-state index is 12.0. The summed E-state index contributed by atoms with van der Waals surface area (Å²) in [5, 5.41) is 8.95. The van der Waals surface area contributed by atoms with Crippen LogP contribution in [0.25, 0.3) is 0 Å². The van der Waals surface area contributed by atoms with Gasteiger partial charge >= 0.3 is 11.7 Å². The lowest BCUT2D eigenvalue weighted by atomic mass is 10.1. The van der Waals surface area contributed by atoms with Crippen LogP contribution in [-0.4, -0.2) is 20.6 Å². The van der Waals surface area contributed by atoms with Gasteiger partial charge < -0.3 is 5.11 Å². The van der Waals surface area contributed by atoms with E-state index in [1.54, 1.807) is 11.5 Å². The van der Waals surface area contributed by atoms with Crippen LogP contribution in [-0.2, 0) is 11.2 Å². The van der Waals surface area contributed by atoms with Gasteiger partial charge in [0.25, 0.3) is 0 Å². The van der Waals surface area contributed by atoms with Crippen LogP contribution in [0.15, 0.2) is 4.79 Å². The topological polar surface area (TPSA) is 72.2 Å². The molecule has 0 aromatic carbocycles. The molecule has 1 fully saturated rings. The van der Waals surface area contributed by atoms with E-state index in [0.717, 1.165) is 12.1 Å². The summed E-state index contributed by atoms with van der Waals surface area (Å²) in [6.45, 7) is 5.52. The van der Waals surface area contributed by atoms with Crippen LogP contribution < -0.4 is 5.69 Å². The molecule has 5 nitrogen and oxygen atoms in total. The van der Waals surface area contributed by atoms with Crippen molar-refractivity contribution < 1.29 is 9.90 Å². The Kier molecular flexibility index (Phi) is 3.73. The predicted molar refractivity (Wildman–Crippen MR) is 71.4 cm³/mol. The van der Waals surface area contributed by atoms with Gasteiger partial charge in [-0.2, -0.15) is 4.98 Å². The normalized spacial score (nSPS) is 16.4. The third-order valence-corrected chi connectivity index (χ3v) is 3.84. The van der Waals surface area contributed by atoms with Crippen LogP contribution in [0.4, 0.5) is 0 Å². The molecule has 104 valence electrons. The number of carbonyl (C=O) groups is 1. The fourth-order valence-electron chi connectivity index (χ4n) is 2.68. The van der Waals surface area contributed by atoms with Crippen molar-refractivity contribution in [2.75, 3.05) is 0 Å². The quantitative estimate of drug-likeness (QED) is 0.881. The molecule has 1 N–H and O–H groups in total. The molecular weight excluding hydrogens is 244 g/mol. The smallest absolute Gasteiger partial charge is 0.348 e. The minimum Gasteiger partial charge on any atom is -0.481 e. The predicted octanol–water partition coefficient (Wildman–Crippen LogP) is 1.85. The van der Waals surface area contributed by atoms with E-state index in [0.29, 0.717) is 17.2 Å². The Labute approximate surface area is 112 Å². The standard InChI is InChI=1S/C14H20N2O3/c1-8(6-11-4-5-11)16-10(3)12(7-13(17)18)9(2)15-14(16)19/h8,11H,4-7H2,1-3H3,(H,17,18). The average molecular weight is 264 g/mol. The lowest BCUT2D eigenvalue weighted by Crippen LogP contribution is -2.31. The minimum absolute atomic E-state index is 0.0822. The van der Waals surface area contributed by atoms with E-state index in [2.05, 4.69) is 4.98 Å². The average Bonchev–Trinajstić information content (AvgIpc) is 3.07.